The molecule has 0 aliphatic carbocycles. The predicted octanol–water partition coefficient (Wildman–Crippen LogP) is 2.10. The number of aliphatic hydroxyl groups excluding tert-OH is 3. The highest BCUT2D eigenvalue weighted by Crippen LogP contribution is 2.24. The zero-order chi connectivity index (χ0) is 30.4. The normalized spacial score (nSPS) is 22.6. The van der Waals surface area contributed by atoms with Gasteiger partial charge < -0.3 is 39.6 Å². The second kappa shape index (κ2) is 13.9. The van der Waals surface area contributed by atoms with E-state index >= 15 is 0 Å². The fourth-order valence-corrected chi connectivity index (χ4v) is 5.21. The molecule has 5 N–H and O–H groups in total. The number of carbonyl (C=O) groups excluding carboxylic acids is 1. The molecule has 13 heteroatoms. The third-order valence-corrected chi connectivity index (χ3v) is 7.71. The number of hydrogen-bond donors (Lipinski definition) is 5. The Morgan fingerprint density at radius 3 is 2.43 bits per heavy atom. The van der Waals surface area contributed by atoms with Gasteiger partial charge in [-0.25, -0.2) is 19.4 Å². The maximum absolute atomic E-state index is 12.7. The molecule has 0 amide bonds. The topological polar surface area (TPSA) is 189 Å². The molecule has 5 unspecified atom stereocenters. The Morgan fingerprint density at radius 1 is 1.07 bits per heavy atom. The highest BCUT2D eigenvalue weighted by atomic mass is 32.1. The summed E-state index contributed by atoms with van der Waals surface area (Å²) in [6.45, 7) is 2.42. The van der Waals surface area contributed by atoms with Crippen LogP contribution in [0.25, 0.3) is 6.08 Å². The third-order valence-electron chi connectivity index (χ3n) is 6.83. The Morgan fingerprint density at radius 2 is 1.81 bits per heavy atom. The molecule has 0 bridgehead atoms. The lowest BCUT2D eigenvalue weighted by atomic mass is 9.99. The number of aliphatic hydroxyl groups is 3. The van der Waals surface area contributed by atoms with Crippen LogP contribution in [0.2, 0.25) is 0 Å². The van der Waals surface area contributed by atoms with Gasteiger partial charge in [0.2, 0.25) is 6.29 Å². The Hall–Kier alpha value is -3.88. The number of ether oxygens (including phenoxy) is 2. The maximum Gasteiger partial charge on any atom is 0.340 e. The summed E-state index contributed by atoms with van der Waals surface area (Å²) in [6, 6.07) is 10.1. The summed E-state index contributed by atoms with van der Waals surface area (Å²) in [5, 5.41) is 50.8. The fourth-order valence-electron chi connectivity index (χ4n) is 4.48. The summed E-state index contributed by atoms with van der Waals surface area (Å²) in [7, 11) is 0. The van der Waals surface area contributed by atoms with E-state index in [1.165, 1.54) is 23.5 Å². The quantitative estimate of drug-likeness (QED) is 0.151. The van der Waals surface area contributed by atoms with Gasteiger partial charge in [-0.2, -0.15) is 0 Å². The molecule has 1 saturated heterocycles. The zero-order valence-electron chi connectivity index (χ0n) is 22.7. The van der Waals surface area contributed by atoms with Crippen LogP contribution >= 0.6 is 11.3 Å². The summed E-state index contributed by atoms with van der Waals surface area (Å²) in [6.07, 6.45) is -3.25. The van der Waals surface area contributed by atoms with E-state index in [1.807, 2.05) is 22.1 Å². The number of imidazole rings is 1. The van der Waals surface area contributed by atoms with Crippen LogP contribution in [0, 0.1) is 0 Å². The van der Waals surface area contributed by atoms with Crippen molar-refractivity contribution in [1.29, 1.82) is 0 Å². The van der Waals surface area contributed by atoms with E-state index in [1.54, 1.807) is 24.4 Å². The number of nitrogens with zero attached hydrogens (tertiary/aromatic N) is 2. The van der Waals surface area contributed by atoms with Crippen LogP contribution in [0.1, 0.15) is 52.1 Å². The number of carbonyl (C=O) groups is 3. The highest BCUT2D eigenvalue weighted by molar-refractivity contribution is 7.09. The second-order valence-electron chi connectivity index (χ2n) is 9.86. The van der Waals surface area contributed by atoms with Gasteiger partial charge in [-0.15, -0.1) is 11.3 Å². The Bertz CT molecular complexity index is 1420. The van der Waals surface area contributed by atoms with E-state index < -0.39 is 48.6 Å². The lowest BCUT2D eigenvalue weighted by Gasteiger charge is -2.37. The molecule has 1 aromatic carbocycles. The SMILES string of the molecule is CCCCc1ncc(/C=C(\Cc2cccs2)C(=O)O)n1Cc1ccc(C(=O)OC2OC(C(=O)O)C(O)C(O)C2O)cc1. The molecule has 0 spiro atoms. The van der Waals surface area contributed by atoms with E-state index in [4.69, 9.17) is 9.47 Å². The van der Waals surface area contributed by atoms with Crippen molar-refractivity contribution in [3.63, 3.8) is 0 Å². The minimum atomic E-state index is -1.90. The van der Waals surface area contributed by atoms with Crippen LogP contribution in [0.4, 0.5) is 0 Å². The maximum atomic E-state index is 12.7. The van der Waals surface area contributed by atoms with Gasteiger partial charge in [-0.1, -0.05) is 31.5 Å². The van der Waals surface area contributed by atoms with Crippen molar-refractivity contribution in [2.45, 2.75) is 69.9 Å². The van der Waals surface area contributed by atoms with Crippen LogP contribution < -0.4 is 0 Å². The van der Waals surface area contributed by atoms with Crippen LogP contribution in [0.5, 0.6) is 0 Å². The number of aliphatic carboxylic acids is 2. The summed E-state index contributed by atoms with van der Waals surface area (Å²) < 4.78 is 12.0. The lowest BCUT2D eigenvalue weighted by molar-refractivity contribution is -0.278. The van der Waals surface area contributed by atoms with Crippen molar-refractivity contribution in [3.8, 4) is 0 Å². The second-order valence-corrected chi connectivity index (χ2v) is 10.9. The van der Waals surface area contributed by atoms with Crippen LogP contribution in [0.15, 0.2) is 53.5 Å². The Balaban J connectivity index is 1.52. The first-order chi connectivity index (χ1) is 20.1. The molecule has 5 atom stereocenters. The lowest BCUT2D eigenvalue weighted by Crippen LogP contribution is -2.60. The predicted molar refractivity (Wildman–Crippen MR) is 150 cm³/mol. The molecule has 0 radical (unpaired) electrons. The minimum Gasteiger partial charge on any atom is -0.479 e. The van der Waals surface area contributed by atoms with Gasteiger partial charge in [-0.05, 0) is 41.6 Å². The standard InChI is InChI=1S/C29H32N2O10S/c1-2-3-6-21-30-14-19(12-18(26(35)36)13-20-5-4-11-42-20)31(21)15-16-7-9-17(10-8-16)28(39)41-29-24(34)22(32)23(33)25(40-29)27(37)38/h4-5,7-12,14,22-25,29,32-34H,2-3,6,13,15H2,1H3,(H,35,36)(H,37,38)/b18-12+. The van der Waals surface area contributed by atoms with Crippen LogP contribution in [0.3, 0.4) is 0 Å². The fraction of sp³-hybridized carbons (Fsp3) is 0.379. The number of thiophene rings is 1. The third kappa shape index (κ3) is 7.30. The van der Waals surface area contributed by atoms with Gasteiger partial charge >= 0.3 is 17.9 Å². The van der Waals surface area contributed by atoms with Crippen molar-refractivity contribution < 1.29 is 49.4 Å². The van der Waals surface area contributed by atoms with Crippen molar-refractivity contribution in [2.24, 2.45) is 0 Å². The molecule has 42 heavy (non-hydrogen) atoms. The average Bonchev–Trinajstić information content (AvgIpc) is 3.62. The molecule has 12 nitrogen and oxygen atoms in total. The number of carboxylic acids is 2. The molecule has 1 aliphatic rings. The van der Waals surface area contributed by atoms with Crippen LogP contribution in [-0.2, 0) is 38.4 Å². The number of carboxylic acid groups (broad SMARTS) is 2. The van der Waals surface area contributed by atoms with E-state index in [-0.39, 0.29) is 17.6 Å². The van der Waals surface area contributed by atoms with E-state index in [0.29, 0.717) is 18.7 Å². The van der Waals surface area contributed by atoms with Gasteiger partial charge in [0.15, 0.2) is 6.10 Å². The number of benzene rings is 1. The van der Waals surface area contributed by atoms with Crippen molar-refractivity contribution in [3.05, 3.63) is 81.1 Å². The highest BCUT2D eigenvalue weighted by Gasteiger charge is 2.48. The first-order valence-electron chi connectivity index (χ1n) is 13.3. The molecule has 2 aromatic heterocycles. The minimum absolute atomic E-state index is 0.0723. The summed E-state index contributed by atoms with van der Waals surface area (Å²) in [5.41, 5.74) is 1.72. The smallest absolute Gasteiger partial charge is 0.340 e. The number of aromatic nitrogens is 2. The van der Waals surface area contributed by atoms with Gasteiger partial charge in [0.05, 0.1) is 17.5 Å². The summed E-state index contributed by atoms with van der Waals surface area (Å²) in [4.78, 5) is 41.5. The summed E-state index contributed by atoms with van der Waals surface area (Å²) >= 11 is 1.48. The molecule has 1 fully saturated rings. The zero-order valence-corrected chi connectivity index (χ0v) is 23.5. The van der Waals surface area contributed by atoms with E-state index in [0.717, 1.165) is 29.1 Å². The number of rotatable bonds is 12. The number of esters is 1. The van der Waals surface area contributed by atoms with Crippen LogP contribution in [-0.4, -0.2) is 83.7 Å². The van der Waals surface area contributed by atoms with Crippen molar-refractivity contribution >= 4 is 35.3 Å². The van der Waals surface area contributed by atoms with Gasteiger partial charge in [0, 0.05) is 29.8 Å². The molecular formula is C29H32N2O10S. The van der Waals surface area contributed by atoms with Crippen molar-refractivity contribution in [1.82, 2.24) is 9.55 Å². The first-order valence-corrected chi connectivity index (χ1v) is 14.2. The monoisotopic (exact) mass is 600 g/mol. The number of hydrogen-bond acceptors (Lipinski definition) is 10. The molecule has 224 valence electrons. The molecule has 3 heterocycles. The largest absolute Gasteiger partial charge is 0.479 e. The number of aryl methyl sites for hydroxylation is 1. The Kier molecular flexibility index (Phi) is 10.2. The number of unbranched alkanes of at least 4 members (excludes halogenated alkanes) is 1. The molecule has 0 saturated carbocycles. The molecule has 3 aromatic rings. The first kappa shape index (κ1) is 31.1. The average molecular weight is 601 g/mol. The van der Waals surface area contributed by atoms with E-state index in [9.17, 15) is 39.9 Å². The Labute approximate surface area is 245 Å². The van der Waals surface area contributed by atoms with Crippen molar-refractivity contribution in [2.75, 3.05) is 0 Å². The summed E-state index contributed by atoms with van der Waals surface area (Å²) in [5.74, 6) is -2.75. The van der Waals surface area contributed by atoms with Gasteiger partial charge in [0.1, 0.15) is 24.1 Å². The molecule has 1 aliphatic heterocycles. The molecule has 4 rings (SSSR count). The molecular weight excluding hydrogens is 568 g/mol. The van der Waals surface area contributed by atoms with Gasteiger partial charge in [-0.3, -0.25) is 0 Å². The van der Waals surface area contributed by atoms with Gasteiger partial charge in [0.25, 0.3) is 0 Å². The van der Waals surface area contributed by atoms with E-state index in [2.05, 4.69) is 11.9 Å².